The van der Waals surface area contributed by atoms with Crippen LogP contribution < -0.4 is 5.32 Å². The summed E-state index contributed by atoms with van der Waals surface area (Å²) in [6.45, 7) is 26.9. The molecule has 0 aliphatic rings. The second-order valence-electron chi connectivity index (χ2n) is 6.24. The normalized spacial score (nSPS) is 9.07. The average Bonchev–Trinajstić information content (AvgIpc) is 2.77. The highest BCUT2D eigenvalue weighted by atomic mass is 32.2. The van der Waals surface area contributed by atoms with Crippen LogP contribution in [0.1, 0.15) is 81.8 Å². The minimum absolute atomic E-state index is 0.991. The minimum atomic E-state index is 0.991. The molecule has 1 N–H and O–H groups in total. The van der Waals surface area contributed by atoms with Crippen molar-refractivity contribution in [1.29, 1.82) is 0 Å². The first-order valence-corrected chi connectivity index (χ1v) is 12.2. The van der Waals surface area contributed by atoms with Gasteiger partial charge in [-0.1, -0.05) is 78.5 Å². The molecular formula is C27H45NS. The first kappa shape index (κ1) is 29.5. The fourth-order valence-electron chi connectivity index (χ4n) is 2.80. The largest absolute Gasteiger partial charge is 0.359 e. The molecule has 0 unspecified atom stereocenters. The van der Waals surface area contributed by atoms with Crippen LogP contribution >= 0.6 is 11.8 Å². The summed E-state index contributed by atoms with van der Waals surface area (Å²) < 4.78 is 0. The van der Waals surface area contributed by atoms with Crippen molar-refractivity contribution in [2.75, 3.05) is 5.32 Å². The molecule has 0 bridgehead atoms. The highest BCUT2D eigenvalue weighted by molar-refractivity contribution is 7.97. The number of allylic oxidation sites excluding steroid dienone is 1. The molecule has 0 aromatic heterocycles. The van der Waals surface area contributed by atoms with Gasteiger partial charge in [-0.2, -0.15) is 11.8 Å². The molecule has 2 aromatic rings. The SMILES string of the molecule is C=C(C)Nc1c(C)c(C)c(C)c(C)c1CSCc1ccccc1.CC.CC.CC. The van der Waals surface area contributed by atoms with E-state index in [2.05, 4.69) is 69.9 Å². The molecule has 0 saturated carbocycles. The minimum Gasteiger partial charge on any atom is -0.359 e. The Morgan fingerprint density at radius 1 is 0.759 bits per heavy atom. The third-order valence-electron chi connectivity index (χ3n) is 4.51. The highest BCUT2D eigenvalue weighted by Crippen LogP contribution is 2.34. The summed E-state index contributed by atoms with van der Waals surface area (Å²) >= 11 is 1.97. The molecule has 0 fully saturated rings. The summed E-state index contributed by atoms with van der Waals surface area (Å²) in [6, 6.07) is 10.7. The van der Waals surface area contributed by atoms with Crippen LogP contribution in [0.3, 0.4) is 0 Å². The smallest absolute Gasteiger partial charge is 0.0457 e. The lowest BCUT2D eigenvalue weighted by Gasteiger charge is -2.22. The maximum absolute atomic E-state index is 4.02. The zero-order valence-corrected chi connectivity index (χ0v) is 21.7. The van der Waals surface area contributed by atoms with E-state index in [0.29, 0.717) is 0 Å². The zero-order valence-electron chi connectivity index (χ0n) is 20.9. The quantitative estimate of drug-likeness (QED) is 0.504. The van der Waals surface area contributed by atoms with Crippen molar-refractivity contribution in [3.05, 3.63) is 76.0 Å². The molecule has 164 valence electrons. The molecule has 0 saturated heterocycles. The van der Waals surface area contributed by atoms with Gasteiger partial charge in [-0.15, -0.1) is 0 Å². The Balaban J connectivity index is 0. The van der Waals surface area contributed by atoms with Gasteiger partial charge in [-0.3, -0.25) is 0 Å². The van der Waals surface area contributed by atoms with Crippen LogP contribution in [0.25, 0.3) is 0 Å². The van der Waals surface area contributed by atoms with Crippen molar-refractivity contribution in [1.82, 2.24) is 0 Å². The van der Waals surface area contributed by atoms with Crippen molar-refractivity contribution in [3.8, 4) is 0 Å². The van der Waals surface area contributed by atoms with E-state index in [1.807, 2.05) is 60.2 Å². The van der Waals surface area contributed by atoms with E-state index in [9.17, 15) is 0 Å². The van der Waals surface area contributed by atoms with Crippen LogP contribution in [-0.2, 0) is 11.5 Å². The standard InChI is InChI=1S/C21H27NS.3C2H6/c1-14(2)22-21-18(6)16(4)15(3)17(5)20(21)13-23-12-19-10-8-7-9-11-19;3*1-2/h7-11,22H,1,12-13H2,2-6H3;3*1-2H3. The van der Waals surface area contributed by atoms with Crippen molar-refractivity contribution in [3.63, 3.8) is 0 Å². The van der Waals surface area contributed by atoms with Crippen LogP contribution in [0.15, 0.2) is 42.6 Å². The van der Waals surface area contributed by atoms with Gasteiger partial charge in [0.15, 0.2) is 0 Å². The van der Waals surface area contributed by atoms with Gasteiger partial charge in [0.05, 0.1) is 0 Å². The fraction of sp³-hybridized carbons (Fsp3) is 0.481. The second-order valence-corrected chi connectivity index (χ2v) is 7.22. The summed E-state index contributed by atoms with van der Waals surface area (Å²) in [5, 5.41) is 3.49. The van der Waals surface area contributed by atoms with Gasteiger partial charge in [-0.25, -0.2) is 0 Å². The molecule has 1 nitrogen and oxygen atoms in total. The third-order valence-corrected chi connectivity index (χ3v) is 5.54. The number of thioether (sulfide) groups is 1. The Labute approximate surface area is 186 Å². The number of anilines is 1. The van der Waals surface area contributed by atoms with Crippen LogP contribution in [0, 0.1) is 27.7 Å². The zero-order chi connectivity index (χ0) is 23.0. The molecule has 0 atom stereocenters. The maximum Gasteiger partial charge on any atom is 0.0457 e. The van der Waals surface area contributed by atoms with E-state index in [0.717, 1.165) is 17.2 Å². The van der Waals surface area contributed by atoms with Gasteiger partial charge in [0.1, 0.15) is 0 Å². The van der Waals surface area contributed by atoms with Gasteiger partial charge < -0.3 is 5.32 Å². The molecule has 0 aliphatic carbocycles. The van der Waals surface area contributed by atoms with Crippen LogP contribution in [-0.4, -0.2) is 0 Å². The molecule has 2 heteroatoms. The molecule has 0 amide bonds. The van der Waals surface area contributed by atoms with Crippen molar-refractivity contribution >= 4 is 17.4 Å². The summed E-state index contributed by atoms with van der Waals surface area (Å²) in [6.07, 6.45) is 0. The average molecular weight is 416 g/mol. The fourth-order valence-corrected chi connectivity index (χ4v) is 3.89. The van der Waals surface area contributed by atoms with E-state index < -0.39 is 0 Å². The lowest BCUT2D eigenvalue weighted by Crippen LogP contribution is -2.06. The Morgan fingerprint density at radius 2 is 1.24 bits per heavy atom. The van der Waals surface area contributed by atoms with Crippen LogP contribution in [0.5, 0.6) is 0 Å². The van der Waals surface area contributed by atoms with Gasteiger partial charge in [0.25, 0.3) is 0 Å². The summed E-state index contributed by atoms with van der Waals surface area (Å²) in [4.78, 5) is 0. The predicted molar refractivity (Wildman–Crippen MR) is 139 cm³/mol. The molecule has 0 heterocycles. The highest BCUT2D eigenvalue weighted by Gasteiger charge is 2.15. The van der Waals surface area contributed by atoms with Gasteiger partial charge in [-0.05, 0) is 68.0 Å². The van der Waals surface area contributed by atoms with Crippen molar-refractivity contribution in [2.24, 2.45) is 0 Å². The Hall–Kier alpha value is -1.67. The van der Waals surface area contributed by atoms with Crippen molar-refractivity contribution in [2.45, 2.75) is 87.7 Å². The van der Waals surface area contributed by atoms with Crippen LogP contribution in [0.4, 0.5) is 5.69 Å². The number of hydrogen-bond acceptors (Lipinski definition) is 2. The molecule has 2 aromatic carbocycles. The van der Waals surface area contributed by atoms with E-state index in [4.69, 9.17) is 0 Å². The molecular weight excluding hydrogens is 370 g/mol. The van der Waals surface area contributed by atoms with Gasteiger partial charge in [0.2, 0.25) is 0 Å². The third kappa shape index (κ3) is 9.58. The molecule has 0 radical (unpaired) electrons. The Kier molecular flexibility index (Phi) is 17.5. The summed E-state index contributed by atoms with van der Waals surface area (Å²) in [7, 11) is 0. The van der Waals surface area contributed by atoms with E-state index >= 15 is 0 Å². The Morgan fingerprint density at radius 3 is 1.72 bits per heavy atom. The molecule has 0 spiro atoms. The van der Waals surface area contributed by atoms with E-state index in [1.165, 1.54) is 39.1 Å². The number of nitrogens with one attached hydrogen (secondary N) is 1. The van der Waals surface area contributed by atoms with Crippen molar-refractivity contribution < 1.29 is 0 Å². The molecule has 0 aliphatic heterocycles. The summed E-state index contributed by atoms with van der Waals surface area (Å²) in [5.74, 6) is 2.05. The molecule has 29 heavy (non-hydrogen) atoms. The molecule has 2 rings (SSSR count). The van der Waals surface area contributed by atoms with E-state index in [-0.39, 0.29) is 0 Å². The number of benzene rings is 2. The monoisotopic (exact) mass is 415 g/mol. The topological polar surface area (TPSA) is 12.0 Å². The van der Waals surface area contributed by atoms with Gasteiger partial charge in [0, 0.05) is 22.9 Å². The second kappa shape index (κ2) is 17.2. The number of hydrogen-bond donors (Lipinski definition) is 1. The van der Waals surface area contributed by atoms with Gasteiger partial charge >= 0.3 is 0 Å². The lowest BCUT2D eigenvalue weighted by molar-refractivity contribution is 1.15. The first-order valence-electron chi connectivity index (χ1n) is 11.0. The lowest BCUT2D eigenvalue weighted by atomic mass is 9.93. The predicted octanol–water partition coefficient (Wildman–Crippen LogP) is 9.38. The van der Waals surface area contributed by atoms with E-state index in [1.54, 1.807) is 0 Å². The number of rotatable bonds is 6. The first-order chi connectivity index (χ1) is 13.9. The Bertz CT molecular complexity index is 702. The maximum atomic E-state index is 4.02. The van der Waals surface area contributed by atoms with Crippen LogP contribution in [0.2, 0.25) is 0 Å². The summed E-state index contributed by atoms with van der Waals surface area (Å²) in [5.41, 5.74) is 10.6.